The zero-order valence-corrected chi connectivity index (χ0v) is 14.9. The second kappa shape index (κ2) is 7.95. The van der Waals surface area contributed by atoms with Gasteiger partial charge < -0.3 is 25.2 Å². The Balaban J connectivity index is 1.80. The van der Waals surface area contributed by atoms with Gasteiger partial charge >= 0.3 is 0 Å². The first-order valence-electron chi connectivity index (χ1n) is 8.50. The van der Waals surface area contributed by atoms with Crippen molar-refractivity contribution in [1.29, 1.82) is 0 Å². The Kier molecular flexibility index (Phi) is 5.89. The van der Waals surface area contributed by atoms with Crippen LogP contribution < -0.4 is 0 Å². The number of hydrogen-bond acceptors (Lipinski definition) is 6. The molecule has 1 aromatic carbocycles. The molecule has 1 unspecified atom stereocenters. The van der Waals surface area contributed by atoms with E-state index in [-0.39, 0.29) is 0 Å². The Morgan fingerprint density at radius 1 is 1.00 bits per heavy atom. The van der Waals surface area contributed by atoms with Gasteiger partial charge in [-0.05, 0) is 29.7 Å². The number of thiophene rings is 1. The maximum absolute atomic E-state index is 10.3. The number of aliphatic hydroxyl groups is 4. The summed E-state index contributed by atoms with van der Waals surface area (Å²) >= 11 is 1.79. The predicted octanol–water partition coefficient (Wildman–Crippen LogP) is 1.42. The molecule has 2 aromatic rings. The van der Waals surface area contributed by atoms with Crippen molar-refractivity contribution in [3.05, 3.63) is 57.3 Å². The van der Waals surface area contributed by atoms with Crippen LogP contribution in [0, 0.1) is 0 Å². The van der Waals surface area contributed by atoms with Crippen LogP contribution in [0.5, 0.6) is 0 Å². The largest absolute Gasteiger partial charge is 0.394 e. The number of aliphatic hydroxyl groups excluding tert-OH is 4. The van der Waals surface area contributed by atoms with Crippen molar-refractivity contribution in [2.24, 2.45) is 0 Å². The molecule has 0 spiro atoms. The van der Waals surface area contributed by atoms with Crippen molar-refractivity contribution in [1.82, 2.24) is 0 Å². The first kappa shape index (κ1) is 18.5. The molecule has 25 heavy (non-hydrogen) atoms. The average Bonchev–Trinajstić information content (AvgIpc) is 3.08. The molecular weight excluding hydrogens is 340 g/mol. The topological polar surface area (TPSA) is 90.2 Å². The molecule has 0 radical (unpaired) electrons. The lowest BCUT2D eigenvalue weighted by atomic mass is 9.90. The van der Waals surface area contributed by atoms with Gasteiger partial charge in [0.05, 0.1) is 6.61 Å². The molecule has 5 nitrogen and oxygen atoms in total. The van der Waals surface area contributed by atoms with Gasteiger partial charge in [-0.2, -0.15) is 0 Å². The van der Waals surface area contributed by atoms with Gasteiger partial charge in [-0.25, -0.2) is 0 Å². The average molecular weight is 364 g/mol. The van der Waals surface area contributed by atoms with Crippen LogP contribution in [-0.2, 0) is 17.6 Å². The van der Waals surface area contributed by atoms with Crippen molar-refractivity contribution >= 4 is 11.3 Å². The van der Waals surface area contributed by atoms with E-state index in [9.17, 15) is 20.4 Å². The van der Waals surface area contributed by atoms with Gasteiger partial charge in [0.15, 0.2) is 0 Å². The van der Waals surface area contributed by atoms with Gasteiger partial charge in [0.2, 0.25) is 0 Å². The van der Waals surface area contributed by atoms with Gasteiger partial charge in [-0.1, -0.05) is 31.2 Å². The van der Waals surface area contributed by atoms with Crippen LogP contribution in [0.3, 0.4) is 0 Å². The summed E-state index contributed by atoms with van der Waals surface area (Å²) in [4.78, 5) is 2.61. The second-order valence-electron chi connectivity index (χ2n) is 6.39. The first-order chi connectivity index (χ1) is 12.0. The third kappa shape index (κ3) is 3.95. The van der Waals surface area contributed by atoms with Crippen molar-refractivity contribution in [2.45, 2.75) is 50.3 Å². The molecular formula is C19H24O5S. The molecule has 1 saturated heterocycles. The van der Waals surface area contributed by atoms with Gasteiger partial charge in [0, 0.05) is 16.2 Å². The molecule has 2 heterocycles. The van der Waals surface area contributed by atoms with Crippen molar-refractivity contribution in [3.63, 3.8) is 0 Å². The summed E-state index contributed by atoms with van der Waals surface area (Å²) < 4.78 is 5.64. The quantitative estimate of drug-likeness (QED) is 0.644. The van der Waals surface area contributed by atoms with E-state index in [2.05, 4.69) is 19.1 Å². The maximum Gasteiger partial charge on any atom is 0.113 e. The lowest BCUT2D eigenvalue weighted by Gasteiger charge is -2.40. The van der Waals surface area contributed by atoms with E-state index >= 15 is 0 Å². The van der Waals surface area contributed by atoms with Crippen LogP contribution in [0.1, 0.15) is 33.9 Å². The maximum atomic E-state index is 10.3. The van der Waals surface area contributed by atoms with Gasteiger partial charge in [0.1, 0.15) is 30.5 Å². The van der Waals surface area contributed by atoms with E-state index < -0.39 is 37.1 Å². The number of hydrogen-bond donors (Lipinski definition) is 4. The van der Waals surface area contributed by atoms with Crippen molar-refractivity contribution in [3.8, 4) is 0 Å². The summed E-state index contributed by atoms with van der Waals surface area (Å²) in [6, 6.07) is 11.9. The molecule has 1 aliphatic rings. The normalized spacial score (nSPS) is 29.7. The van der Waals surface area contributed by atoms with E-state index in [0.29, 0.717) is 0 Å². The summed E-state index contributed by atoms with van der Waals surface area (Å²) in [6.07, 6.45) is -3.81. The highest BCUT2D eigenvalue weighted by Gasteiger charge is 2.43. The van der Waals surface area contributed by atoms with Gasteiger partial charge in [-0.15, -0.1) is 11.3 Å². The molecule has 0 amide bonds. The molecule has 4 N–H and O–H groups in total. The molecule has 1 aliphatic heterocycles. The van der Waals surface area contributed by atoms with Crippen LogP contribution in [0.15, 0.2) is 36.4 Å². The van der Waals surface area contributed by atoms with Crippen LogP contribution in [-0.4, -0.2) is 51.4 Å². The fourth-order valence-electron chi connectivity index (χ4n) is 3.17. The molecule has 1 fully saturated rings. The fraction of sp³-hybridized carbons (Fsp3) is 0.474. The third-order valence-electron chi connectivity index (χ3n) is 4.62. The second-order valence-corrected chi connectivity index (χ2v) is 7.65. The third-order valence-corrected chi connectivity index (χ3v) is 5.85. The Bertz CT molecular complexity index is 699. The van der Waals surface area contributed by atoms with Gasteiger partial charge in [-0.3, -0.25) is 0 Å². The zero-order valence-electron chi connectivity index (χ0n) is 14.1. The van der Waals surface area contributed by atoms with Crippen LogP contribution in [0.4, 0.5) is 0 Å². The molecule has 5 atom stereocenters. The lowest BCUT2D eigenvalue weighted by molar-refractivity contribution is -0.231. The molecule has 6 heteroatoms. The monoisotopic (exact) mass is 364 g/mol. The molecule has 0 bridgehead atoms. The highest BCUT2D eigenvalue weighted by molar-refractivity contribution is 7.12. The molecule has 3 rings (SSSR count). The summed E-state index contributed by atoms with van der Waals surface area (Å²) in [6.45, 7) is 1.71. The van der Waals surface area contributed by atoms with Crippen molar-refractivity contribution < 1.29 is 25.2 Å². The van der Waals surface area contributed by atoms with E-state index in [0.717, 1.165) is 24.0 Å². The highest BCUT2D eigenvalue weighted by atomic mass is 32.1. The fourth-order valence-corrected chi connectivity index (χ4v) is 4.16. The minimum atomic E-state index is -1.36. The molecule has 0 aliphatic carbocycles. The summed E-state index contributed by atoms with van der Waals surface area (Å²) in [5.74, 6) is 0. The SMILES string of the molecule is CCc1ccc(Cc2cccc(C3O[C@H](CO)[C@@H](O)[C@H](O)[C@H]3O)c2)s1. The Morgan fingerprint density at radius 2 is 1.76 bits per heavy atom. The number of benzene rings is 1. The predicted molar refractivity (Wildman–Crippen MR) is 95.7 cm³/mol. The summed E-state index contributed by atoms with van der Waals surface area (Å²) in [5, 5.41) is 39.5. The molecule has 136 valence electrons. The Morgan fingerprint density at radius 3 is 2.44 bits per heavy atom. The number of rotatable bonds is 5. The number of ether oxygens (including phenoxy) is 1. The van der Waals surface area contributed by atoms with E-state index in [4.69, 9.17) is 4.74 Å². The number of aryl methyl sites for hydroxylation is 1. The minimum Gasteiger partial charge on any atom is -0.394 e. The smallest absolute Gasteiger partial charge is 0.113 e. The first-order valence-corrected chi connectivity index (χ1v) is 9.32. The summed E-state index contributed by atoms with van der Waals surface area (Å²) in [7, 11) is 0. The summed E-state index contributed by atoms with van der Waals surface area (Å²) in [5.41, 5.74) is 1.81. The minimum absolute atomic E-state index is 0.421. The standard InChI is InChI=1S/C19H24O5S/c1-2-13-6-7-14(25-13)9-11-4-3-5-12(8-11)19-18(23)17(22)16(21)15(10-20)24-19/h3-8,15-23H,2,9-10H2,1H3/t15-,16-,17+,18-,19?/m1/s1. The van der Waals surface area contributed by atoms with E-state index in [1.54, 1.807) is 11.3 Å². The molecule has 1 aromatic heterocycles. The van der Waals surface area contributed by atoms with Crippen LogP contribution in [0.25, 0.3) is 0 Å². The van der Waals surface area contributed by atoms with Crippen LogP contribution >= 0.6 is 11.3 Å². The Labute approximate surface area is 151 Å². The van der Waals surface area contributed by atoms with Crippen molar-refractivity contribution in [2.75, 3.05) is 6.61 Å². The van der Waals surface area contributed by atoms with E-state index in [1.807, 2.05) is 24.3 Å². The highest BCUT2D eigenvalue weighted by Crippen LogP contribution is 2.33. The Hall–Kier alpha value is -1.28. The van der Waals surface area contributed by atoms with Crippen LogP contribution in [0.2, 0.25) is 0 Å². The zero-order chi connectivity index (χ0) is 18.0. The molecule has 0 saturated carbocycles. The van der Waals surface area contributed by atoms with E-state index in [1.165, 1.54) is 9.75 Å². The van der Waals surface area contributed by atoms with Gasteiger partial charge in [0.25, 0.3) is 0 Å². The lowest BCUT2D eigenvalue weighted by Crippen LogP contribution is -2.55.